The summed E-state index contributed by atoms with van der Waals surface area (Å²) in [6, 6.07) is 7.20. The Morgan fingerprint density at radius 1 is 1.19 bits per heavy atom. The molecule has 0 spiro atoms. The summed E-state index contributed by atoms with van der Waals surface area (Å²) < 4.78 is 11.7. The van der Waals surface area contributed by atoms with Gasteiger partial charge in [-0.15, -0.1) is 0 Å². The second kappa shape index (κ2) is 10.4. The maximum atomic E-state index is 13.6. The highest BCUT2D eigenvalue weighted by molar-refractivity contribution is 6.08. The molecule has 3 N–H and O–H groups in total. The summed E-state index contributed by atoms with van der Waals surface area (Å²) in [7, 11) is 1.55. The fourth-order valence-corrected chi connectivity index (χ4v) is 4.86. The largest absolute Gasteiger partial charge is 0.493 e. The van der Waals surface area contributed by atoms with Crippen LogP contribution in [0.4, 0.5) is 5.69 Å². The smallest absolute Gasteiger partial charge is 0.254 e. The lowest BCUT2D eigenvalue weighted by atomic mass is 9.84. The highest BCUT2D eigenvalue weighted by Gasteiger charge is 2.32. The number of ketones is 1. The maximum absolute atomic E-state index is 13.6. The third kappa shape index (κ3) is 5.13. The number of aliphatic hydroxyl groups is 1. The topological polar surface area (TPSA) is 115 Å². The second-order valence-electron chi connectivity index (χ2n) is 10.3. The van der Waals surface area contributed by atoms with Crippen LogP contribution in [-0.4, -0.2) is 74.0 Å². The maximum Gasteiger partial charge on any atom is 0.254 e. The van der Waals surface area contributed by atoms with Crippen LogP contribution in [0.3, 0.4) is 0 Å². The number of anilines is 1. The van der Waals surface area contributed by atoms with E-state index in [1.165, 1.54) is 0 Å². The van der Waals surface area contributed by atoms with Crippen molar-refractivity contribution in [3.63, 3.8) is 0 Å². The van der Waals surface area contributed by atoms with E-state index in [-0.39, 0.29) is 36.1 Å². The third-order valence-electron chi connectivity index (χ3n) is 6.76. The molecular formula is C28H36N4O5. The molecule has 2 aliphatic heterocycles. The monoisotopic (exact) mass is 508 g/mol. The molecule has 2 aromatic rings. The SMILES string of the molecule is CCOc1cc2c(cc1C(=O)NC)C(=N)N(CC(=O)c1cc3c(c(C(C)(C)C)c1)OCCN3CCO)C2. The van der Waals surface area contributed by atoms with Crippen LogP contribution in [0.5, 0.6) is 11.5 Å². The van der Waals surface area contributed by atoms with Gasteiger partial charge in [-0.3, -0.25) is 15.0 Å². The minimum atomic E-state index is -0.285. The van der Waals surface area contributed by atoms with Gasteiger partial charge < -0.3 is 29.7 Å². The molecule has 0 saturated carbocycles. The Bertz CT molecular complexity index is 1230. The number of rotatable bonds is 8. The van der Waals surface area contributed by atoms with Crippen molar-refractivity contribution in [2.45, 2.75) is 39.7 Å². The molecule has 1 amide bonds. The van der Waals surface area contributed by atoms with Crippen LogP contribution >= 0.6 is 0 Å². The Labute approximate surface area is 217 Å². The molecule has 2 aliphatic rings. The number of aliphatic hydroxyl groups excluding tert-OH is 1. The predicted molar refractivity (Wildman–Crippen MR) is 143 cm³/mol. The molecule has 0 bridgehead atoms. The van der Waals surface area contributed by atoms with Gasteiger partial charge in [-0.25, -0.2) is 0 Å². The van der Waals surface area contributed by atoms with E-state index in [2.05, 4.69) is 26.1 Å². The fraction of sp³-hybridized carbons (Fsp3) is 0.464. The van der Waals surface area contributed by atoms with Gasteiger partial charge in [0.1, 0.15) is 23.9 Å². The molecule has 2 heterocycles. The van der Waals surface area contributed by atoms with Gasteiger partial charge in [0.05, 0.1) is 37.6 Å². The zero-order valence-corrected chi connectivity index (χ0v) is 22.2. The number of benzene rings is 2. The second-order valence-corrected chi connectivity index (χ2v) is 10.3. The van der Waals surface area contributed by atoms with Gasteiger partial charge in [0.2, 0.25) is 0 Å². The summed E-state index contributed by atoms with van der Waals surface area (Å²) in [5.74, 6) is 1.03. The van der Waals surface area contributed by atoms with Gasteiger partial charge in [0.25, 0.3) is 5.91 Å². The quantitative estimate of drug-likeness (QED) is 0.470. The van der Waals surface area contributed by atoms with Crippen molar-refractivity contribution in [1.29, 1.82) is 5.41 Å². The summed E-state index contributed by atoms with van der Waals surface area (Å²) in [5.41, 5.74) is 3.87. The molecule has 37 heavy (non-hydrogen) atoms. The van der Waals surface area contributed by atoms with E-state index < -0.39 is 0 Å². The van der Waals surface area contributed by atoms with Crippen LogP contribution in [-0.2, 0) is 12.0 Å². The van der Waals surface area contributed by atoms with Crippen molar-refractivity contribution in [3.05, 3.63) is 52.1 Å². The van der Waals surface area contributed by atoms with E-state index in [0.717, 1.165) is 22.6 Å². The Morgan fingerprint density at radius 2 is 1.95 bits per heavy atom. The van der Waals surface area contributed by atoms with Gasteiger partial charge in [-0.1, -0.05) is 20.8 Å². The third-order valence-corrected chi connectivity index (χ3v) is 6.76. The summed E-state index contributed by atoms with van der Waals surface area (Å²) in [4.78, 5) is 29.8. The molecule has 0 fully saturated rings. The minimum Gasteiger partial charge on any atom is -0.493 e. The standard InChI is InChI=1S/C28H36N4O5/c1-6-36-24-13-18-15-32(26(29)19(18)14-20(24)27(35)30-5)16-23(34)17-11-21(28(2,3)4)25-22(12-17)31(7-9-33)8-10-37-25/h11-14,29,33H,6-10,15-16H2,1-5H3,(H,30,35). The zero-order valence-electron chi connectivity index (χ0n) is 22.2. The molecule has 0 aromatic heterocycles. The number of fused-ring (bicyclic) bond motifs is 2. The zero-order chi connectivity index (χ0) is 26.9. The van der Waals surface area contributed by atoms with E-state index in [0.29, 0.717) is 55.3 Å². The highest BCUT2D eigenvalue weighted by atomic mass is 16.5. The molecule has 9 heteroatoms. The van der Waals surface area contributed by atoms with Crippen molar-refractivity contribution >= 4 is 23.2 Å². The Morgan fingerprint density at radius 3 is 2.59 bits per heavy atom. The molecule has 2 aromatic carbocycles. The molecule has 9 nitrogen and oxygen atoms in total. The molecule has 4 rings (SSSR count). The summed E-state index contributed by atoms with van der Waals surface area (Å²) in [6.45, 7) is 10.5. The van der Waals surface area contributed by atoms with Gasteiger partial charge >= 0.3 is 0 Å². The minimum absolute atomic E-state index is 0.00738. The van der Waals surface area contributed by atoms with Crippen LogP contribution in [0.25, 0.3) is 0 Å². The first kappa shape index (κ1) is 26.5. The predicted octanol–water partition coefficient (Wildman–Crippen LogP) is 2.96. The van der Waals surface area contributed by atoms with Gasteiger partial charge in [-0.2, -0.15) is 0 Å². The first-order chi connectivity index (χ1) is 17.6. The summed E-state index contributed by atoms with van der Waals surface area (Å²) >= 11 is 0. The molecular weight excluding hydrogens is 472 g/mol. The van der Waals surface area contributed by atoms with Crippen LogP contribution in [0.15, 0.2) is 24.3 Å². The molecule has 0 atom stereocenters. The summed E-state index contributed by atoms with van der Waals surface area (Å²) in [5, 5.41) is 20.9. The number of carbonyl (C=O) groups excluding carboxylic acids is 2. The van der Waals surface area contributed by atoms with Crippen molar-refractivity contribution in [3.8, 4) is 11.5 Å². The first-order valence-electron chi connectivity index (χ1n) is 12.6. The fourth-order valence-electron chi connectivity index (χ4n) is 4.86. The van der Waals surface area contributed by atoms with Gasteiger partial charge in [0.15, 0.2) is 5.78 Å². The number of amidine groups is 1. The number of nitrogens with one attached hydrogen (secondary N) is 2. The number of Topliss-reactive ketones (excluding diaryl/α,β-unsaturated/α-hetero) is 1. The lowest BCUT2D eigenvalue weighted by Crippen LogP contribution is -2.36. The van der Waals surface area contributed by atoms with E-state index in [4.69, 9.17) is 14.9 Å². The highest BCUT2D eigenvalue weighted by Crippen LogP contribution is 2.42. The number of β-amino-alcohol motifs (C(OH)–C–C–N with tert-alkyl or cyclic N) is 1. The molecule has 0 aliphatic carbocycles. The molecule has 0 saturated heterocycles. The normalized spacial score (nSPS) is 14.7. The van der Waals surface area contributed by atoms with E-state index >= 15 is 0 Å². The van der Waals surface area contributed by atoms with Crippen LogP contribution < -0.4 is 19.7 Å². The van der Waals surface area contributed by atoms with Crippen molar-refractivity contribution in [2.24, 2.45) is 0 Å². The van der Waals surface area contributed by atoms with Crippen LogP contribution in [0, 0.1) is 5.41 Å². The number of amides is 1. The Kier molecular flexibility index (Phi) is 7.45. The number of hydrogen-bond acceptors (Lipinski definition) is 7. The molecule has 0 unspecified atom stereocenters. The average Bonchev–Trinajstić information content (AvgIpc) is 3.16. The van der Waals surface area contributed by atoms with Crippen LogP contribution in [0.2, 0.25) is 0 Å². The Hall–Kier alpha value is -3.59. The lowest BCUT2D eigenvalue weighted by Gasteiger charge is -2.35. The molecule has 0 radical (unpaired) electrons. The van der Waals surface area contributed by atoms with Crippen molar-refractivity contribution < 1.29 is 24.2 Å². The van der Waals surface area contributed by atoms with Crippen molar-refractivity contribution in [2.75, 3.05) is 51.4 Å². The average molecular weight is 509 g/mol. The van der Waals surface area contributed by atoms with E-state index in [9.17, 15) is 14.7 Å². The lowest BCUT2D eigenvalue weighted by molar-refractivity contribution is 0.0953. The van der Waals surface area contributed by atoms with E-state index in [1.54, 1.807) is 24.1 Å². The van der Waals surface area contributed by atoms with E-state index in [1.807, 2.05) is 24.0 Å². The van der Waals surface area contributed by atoms with Gasteiger partial charge in [-0.05, 0) is 42.2 Å². The number of ether oxygens (including phenoxy) is 2. The molecule has 198 valence electrons. The number of carbonyl (C=O) groups is 2. The van der Waals surface area contributed by atoms with Crippen LogP contribution in [0.1, 0.15) is 65.1 Å². The first-order valence-corrected chi connectivity index (χ1v) is 12.6. The summed E-state index contributed by atoms with van der Waals surface area (Å²) in [6.07, 6.45) is 0. The Balaban J connectivity index is 1.65. The number of hydrogen-bond donors (Lipinski definition) is 3. The van der Waals surface area contributed by atoms with Crippen molar-refractivity contribution in [1.82, 2.24) is 10.2 Å². The van der Waals surface area contributed by atoms with Gasteiger partial charge in [0, 0.05) is 36.8 Å². The number of nitrogens with zero attached hydrogens (tertiary/aromatic N) is 2.